The molecule has 0 aliphatic heterocycles. The Kier molecular flexibility index (Phi) is 4.00. The van der Waals surface area contributed by atoms with Gasteiger partial charge in [0.1, 0.15) is 4.83 Å². The number of thiophene rings is 1. The fourth-order valence-electron chi connectivity index (χ4n) is 2.69. The van der Waals surface area contributed by atoms with Crippen molar-refractivity contribution < 1.29 is 18.0 Å². The molecule has 0 aliphatic carbocycles. The molecule has 0 bridgehead atoms. The van der Waals surface area contributed by atoms with Crippen LogP contribution in [-0.2, 0) is 6.18 Å². The van der Waals surface area contributed by atoms with Gasteiger partial charge in [-0.2, -0.15) is 13.2 Å². The number of hydrogen-bond acceptors (Lipinski definition) is 4. The van der Waals surface area contributed by atoms with Gasteiger partial charge in [-0.1, -0.05) is 12.1 Å². The van der Waals surface area contributed by atoms with Crippen LogP contribution in [0.2, 0.25) is 0 Å². The summed E-state index contributed by atoms with van der Waals surface area (Å²) >= 11 is 2.77. The molecule has 0 fully saturated rings. The molecule has 1 amide bonds. The number of halogens is 3. The first kappa shape index (κ1) is 17.0. The molecule has 26 heavy (non-hydrogen) atoms. The van der Waals surface area contributed by atoms with E-state index in [1.54, 1.807) is 19.1 Å². The fraction of sp³-hybridized carbons (Fsp3) is 0.176. The third kappa shape index (κ3) is 2.97. The van der Waals surface area contributed by atoms with Gasteiger partial charge in [-0.15, -0.1) is 22.7 Å². The number of carbonyl (C=O) groups excluding carboxylic acids is 1. The van der Waals surface area contributed by atoms with Gasteiger partial charge in [-0.05, 0) is 30.7 Å². The van der Waals surface area contributed by atoms with E-state index in [0.717, 1.165) is 27.4 Å². The summed E-state index contributed by atoms with van der Waals surface area (Å²) in [6.07, 6.45) is -2.53. The molecule has 4 aromatic rings. The summed E-state index contributed by atoms with van der Waals surface area (Å²) in [5, 5.41) is 4.67. The van der Waals surface area contributed by atoms with Crippen molar-refractivity contribution in [2.75, 3.05) is 0 Å². The Morgan fingerprint density at radius 2 is 2.12 bits per heavy atom. The van der Waals surface area contributed by atoms with Gasteiger partial charge in [-0.3, -0.25) is 9.20 Å². The third-order valence-corrected chi connectivity index (χ3v) is 5.80. The predicted molar refractivity (Wildman–Crippen MR) is 95.8 cm³/mol. The van der Waals surface area contributed by atoms with Crippen LogP contribution in [0.5, 0.6) is 0 Å². The van der Waals surface area contributed by atoms with Crippen molar-refractivity contribution in [3.8, 4) is 0 Å². The highest BCUT2D eigenvalue weighted by molar-refractivity contribution is 7.21. The second-order valence-electron chi connectivity index (χ2n) is 5.79. The van der Waals surface area contributed by atoms with Gasteiger partial charge in [0.15, 0.2) is 4.96 Å². The molecule has 0 saturated carbocycles. The number of imidazole rings is 1. The lowest BCUT2D eigenvalue weighted by Crippen LogP contribution is -2.26. The van der Waals surface area contributed by atoms with Crippen LogP contribution in [0.3, 0.4) is 0 Å². The van der Waals surface area contributed by atoms with Crippen LogP contribution in [0, 0.1) is 0 Å². The molecular weight excluding hydrogens is 383 g/mol. The first-order valence-electron chi connectivity index (χ1n) is 7.66. The van der Waals surface area contributed by atoms with E-state index in [2.05, 4.69) is 10.3 Å². The number of fused-ring (bicyclic) bond motifs is 3. The fourth-order valence-corrected chi connectivity index (χ4v) is 4.40. The van der Waals surface area contributed by atoms with E-state index in [4.69, 9.17) is 0 Å². The van der Waals surface area contributed by atoms with E-state index in [1.807, 2.05) is 16.0 Å². The van der Waals surface area contributed by atoms with Crippen molar-refractivity contribution in [2.45, 2.75) is 19.1 Å². The number of thiazole rings is 1. The zero-order chi connectivity index (χ0) is 18.5. The van der Waals surface area contributed by atoms with Crippen LogP contribution in [0.15, 0.2) is 41.9 Å². The average molecular weight is 395 g/mol. The molecule has 4 nitrogen and oxygen atoms in total. The Balaban J connectivity index is 1.56. The number of nitrogens with one attached hydrogen (secondary N) is 1. The molecule has 4 rings (SSSR count). The molecule has 3 aromatic heterocycles. The van der Waals surface area contributed by atoms with Crippen molar-refractivity contribution in [1.82, 2.24) is 14.7 Å². The third-order valence-electron chi connectivity index (χ3n) is 4.03. The molecule has 1 aromatic carbocycles. The zero-order valence-electron chi connectivity index (χ0n) is 13.4. The van der Waals surface area contributed by atoms with Crippen molar-refractivity contribution in [1.29, 1.82) is 0 Å². The maximum Gasteiger partial charge on any atom is 0.416 e. The van der Waals surface area contributed by atoms with Gasteiger partial charge in [0.25, 0.3) is 5.91 Å². The lowest BCUT2D eigenvalue weighted by atomic mass is 10.0. The summed E-state index contributed by atoms with van der Waals surface area (Å²) in [5.41, 5.74) is 0.519. The molecule has 3 heterocycles. The molecule has 1 unspecified atom stereocenters. The van der Waals surface area contributed by atoms with Crippen molar-refractivity contribution in [3.05, 3.63) is 57.9 Å². The lowest BCUT2D eigenvalue weighted by molar-refractivity contribution is -0.137. The lowest BCUT2D eigenvalue weighted by Gasteiger charge is -2.15. The first-order chi connectivity index (χ1) is 12.3. The van der Waals surface area contributed by atoms with E-state index in [-0.39, 0.29) is 5.91 Å². The molecule has 0 saturated heterocycles. The number of aromatic nitrogens is 2. The first-order valence-corrected chi connectivity index (χ1v) is 9.35. The summed E-state index contributed by atoms with van der Waals surface area (Å²) in [6, 6.07) is 6.18. The summed E-state index contributed by atoms with van der Waals surface area (Å²) < 4.78 is 40.5. The number of alkyl halides is 3. The maximum atomic E-state index is 12.8. The largest absolute Gasteiger partial charge is 0.416 e. The van der Waals surface area contributed by atoms with Crippen molar-refractivity contribution in [3.63, 3.8) is 0 Å². The topological polar surface area (TPSA) is 46.4 Å². The Bertz CT molecular complexity index is 1110. The quantitative estimate of drug-likeness (QED) is 0.523. The van der Waals surface area contributed by atoms with Crippen molar-refractivity contribution >= 4 is 43.9 Å². The summed E-state index contributed by atoms with van der Waals surface area (Å²) in [7, 11) is 0. The zero-order valence-corrected chi connectivity index (χ0v) is 15.0. The number of hydrogen-bond donors (Lipinski definition) is 1. The van der Waals surface area contributed by atoms with E-state index in [1.165, 1.54) is 28.7 Å². The van der Waals surface area contributed by atoms with E-state index >= 15 is 0 Å². The molecule has 0 spiro atoms. The number of amides is 1. The van der Waals surface area contributed by atoms with Crippen LogP contribution < -0.4 is 5.32 Å². The van der Waals surface area contributed by atoms with Gasteiger partial charge >= 0.3 is 6.18 Å². The second kappa shape index (κ2) is 6.10. The summed E-state index contributed by atoms with van der Waals surface area (Å²) in [5.74, 6) is -0.332. The van der Waals surface area contributed by atoms with Crippen LogP contribution in [0.4, 0.5) is 13.2 Å². The molecule has 0 aliphatic rings. The van der Waals surface area contributed by atoms with Crippen molar-refractivity contribution in [2.24, 2.45) is 0 Å². The standard InChI is InChI=1S/C17H12F3N3OS2/c1-9(10-3-2-4-11(7-10)17(18,19)20)21-14(24)13-8-12-15(26-13)22-16-23(12)5-6-25-16/h2-9H,1H3,(H,21,24). The maximum absolute atomic E-state index is 12.8. The summed E-state index contributed by atoms with van der Waals surface area (Å²) in [6.45, 7) is 1.66. The van der Waals surface area contributed by atoms with Gasteiger partial charge < -0.3 is 5.32 Å². The minimum atomic E-state index is -4.41. The van der Waals surface area contributed by atoms with Crippen LogP contribution in [0.1, 0.15) is 33.8 Å². The van der Waals surface area contributed by atoms with Gasteiger partial charge in [0, 0.05) is 11.6 Å². The Morgan fingerprint density at radius 1 is 1.31 bits per heavy atom. The average Bonchev–Trinajstić information content (AvgIpc) is 3.25. The highest BCUT2D eigenvalue weighted by Crippen LogP contribution is 2.31. The molecule has 134 valence electrons. The van der Waals surface area contributed by atoms with Gasteiger partial charge in [0.05, 0.1) is 22.0 Å². The number of rotatable bonds is 3. The Hall–Kier alpha value is -2.39. The molecule has 0 radical (unpaired) electrons. The smallest absolute Gasteiger partial charge is 0.345 e. The van der Waals surface area contributed by atoms with Gasteiger partial charge in [-0.25, -0.2) is 4.98 Å². The van der Waals surface area contributed by atoms with Gasteiger partial charge in [0.2, 0.25) is 0 Å². The van der Waals surface area contributed by atoms with Crippen LogP contribution in [0.25, 0.3) is 15.3 Å². The highest BCUT2D eigenvalue weighted by Gasteiger charge is 2.30. The van der Waals surface area contributed by atoms with E-state index < -0.39 is 17.8 Å². The monoisotopic (exact) mass is 395 g/mol. The number of nitrogens with zero attached hydrogens (tertiary/aromatic N) is 2. The molecule has 1 N–H and O–H groups in total. The molecular formula is C17H12F3N3OS2. The summed E-state index contributed by atoms with van der Waals surface area (Å²) in [4.78, 5) is 19.0. The molecule has 1 atom stereocenters. The van der Waals surface area contributed by atoms with E-state index in [0.29, 0.717) is 10.4 Å². The van der Waals surface area contributed by atoms with Crippen LogP contribution >= 0.6 is 22.7 Å². The van der Waals surface area contributed by atoms with E-state index in [9.17, 15) is 18.0 Å². The second-order valence-corrected chi connectivity index (χ2v) is 7.69. The minimum Gasteiger partial charge on any atom is -0.345 e. The molecule has 9 heteroatoms. The SMILES string of the molecule is CC(NC(=O)c1cc2c(nc3sccn32)s1)c1cccc(C(F)(F)F)c1. The Labute approximate surface area is 153 Å². The normalized spacial score (nSPS) is 13.4. The van der Waals surface area contributed by atoms with Crippen LogP contribution in [-0.4, -0.2) is 15.3 Å². The number of carbonyl (C=O) groups is 1. The minimum absolute atomic E-state index is 0.332. The Morgan fingerprint density at radius 3 is 2.88 bits per heavy atom. The highest BCUT2D eigenvalue weighted by atomic mass is 32.1. The predicted octanol–water partition coefficient (Wildman–Crippen LogP) is 5.12. The number of benzene rings is 1.